The van der Waals surface area contributed by atoms with Gasteiger partial charge in [-0.05, 0) is 43.7 Å². The van der Waals surface area contributed by atoms with Crippen molar-refractivity contribution in [2.24, 2.45) is 0 Å². The largest absolute Gasteiger partial charge is 0.325 e. The van der Waals surface area contributed by atoms with Gasteiger partial charge in [0.15, 0.2) is 0 Å². The number of para-hydroxylation sites is 1. The van der Waals surface area contributed by atoms with E-state index >= 15 is 0 Å². The van der Waals surface area contributed by atoms with Gasteiger partial charge in [-0.1, -0.05) is 41.9 Å². The molecule has 0 unspecified atom stereocenters. The minimum Gasteiger partial charge on any atom is -0.319 e. The standard InChI is InChI=1S/C20H20ClN3O3/c1-3-23(16-7-5-4-6-8-16)17(25)13-24-18(26)20(2,22-19(24)27)14-9-11-15(21)12-10-14/h4-12H,3,13H2,1-2H3,(H,22,27)/t20-/m1/s1. The van der Waals surface area contributed by atoms with Gasteiger partial charge in [-0.25, -0.2) is 4.79 Å². The van der Waals surface area contributed by atoms with E-state index in [9.17, 15) is 14.4 Å². The van der Waals surface area contributed by atoms with Gasteiger partial charge in [0.25, 0.3) is 5.91 Å². The first-order valence-corrected chi connectivity index (χ1v) is 9.00. The number of benzene rings is 2. The highest BCUT2D eigenvalue weighted by Crippen LogP contribution is 2.29. The second-order valence-corrected chi connectivity index (χ2v) is 6.86. The highest BCUT2D eigenvalue weighted by Gasteiger charge is 2.49. The Kier molecular flexibility index (Phi) is 5.19. The number of hydrogen-bond donors (Lipinski definition) is 1. The van der Waals surface area contributed by atoms with Crippen molar-refractivity contribution in [3.63, 3.8) is 0 Å². The predicted molar refractivity (Wildman–Crippen MR) is 104 cm³/mol. The first-order valence-electron chi connectivity index (χ1n) is 8.62. The van der Waals surface area contributed by atoms with E-state index in [1.54, 1.807) is 36.1 Å². The fraction of sp³-hybridized carbons (Fsp3) is 0.250. The summed E-state index contributed by atoms with van der Waals surface area (Å²) >= 11 is 5.90. The molecule has 4 amide bonds. The van der Waals surface area contributed by atoms with Crippen LogP contribution in [0.2, 0.25) is 5.02 Å². The highest BCUT2D eigenvalue weighted by atomic mass is 35.5. The number of nitrogens with one attached hydrogen (secondary N) is 1. The smallest absolute Gasteiger partial charge is 0.319 e. The van der Waals surface area contributed by atoms with Gasteiger partial charge in [-0.15, -0.1) is 0 Å². The minimum atomic E-state index is -1.23. The van der Waals surface area contributed by atoms with Crippen LogP contribution in [0.15, 0.2) is 54.6 Å². The van der Waals surface area contributed by atoms with E-state index in [0.29, 0.717) is 17.1 Å². The molecule has 1 saturated heterocycles. The molecule has 3 rings (SSSR count). The molecule has 1 heterocycles. The summed E-state index contributed by atoms with van der Waals surface area (Å²) in [6.07, 6.45) is 0. The summed E-state index contributed by atoms with van der Waals surface area (Å²) < 4.78 is 0. The van der Waals surface area contributed by atoms with Gasteiger partial charge < -0.3 is 10.2 Å². The molecule has 0 radical (unpaired) electrons. The lowest BCUT2D eigenvalue weighted by molar-refractivity contribution is -0.134. The number of carbonyl (C=O) groups is 3. The van der Waals surface area contributed by atoms with Gasteiger partial charge in [0.1, 0.15) is 12.1 Å². The molecule has 1 aliphatic rings. The molecule has 1 N–H and O–H groups in total. The Hall–Kier alpha value is -2.86. The van der Waals surface area contributed by atoms with Crippen LogP contribution in [0.5, 0.6) is 0 Å². The summed E-state index contributed by atoms with van der Waals surface area (Å²) in [5.41, 5.74) is 0.0966. The Morgan fingerprint density at radius 1 is 1.11 bits per heavy atom. The number of rotatable bonds is 5. The summed E-state index contributed by atoms with van der Waals surface area (Å²) in [7, 11) is 0. The van der Waals surface area contributed by atoms with Gasteiger partial charge >= 0.3 is 6.03 Å². The predicted octanol–water partition coefficient (Wildman–Crippen LogP) is 3.16. The number of nitrogens with zero attached hydrogens (tertiary/aromatic N) is 2. The van der Waals surface area contributed by atoms with Crippen LogP contribution in [0.1, 0.15) is 19.4 Å². The Morgan fingerprint density at radius 2 is 1.74 bits per heavy atom. The fourth-order valence-corrected chi connectivity index (χ4v) is 3.28. The Bertz CT molecular complexity index is 870. The Morgan fingerprint density at radius 3 is 2.33 bits per heavy atom. The number of imide groups is 1. The third-order valence-electron chi connectivity index (χ3n) is 4.68. The molecule has 2 aromatic carbocycles. The second kappa shape index (κ2) is 7.40. The first kappa shape index (κ1) is 18.9. The molecule has 0 aliphatic carbocycles. The summed E-state index contributed by atoms with van der Waals surface area (Å²) in [5, 5.41) is 3.23. The molecule has 1 atom stereocenters. The van der Waals surface area contributed by atoms with Crippen molar-refractivity contribution in [2.75, 3.05) is 18.0 Å². The number of hydrogen-bond acceptors (Lipinski definition) is 3. The number of likely N-dealkylation sites (N-methyl/N-ethyl adjacent to an activating group) is 1. The quantitative estimate of drug-likeness (QED) is 0.804. The average molecular weight is 386 g/mol. The average Bonchev–Trinajstić information content (AvgIpc) is 2.88. The normalized spacial score (nSPS) is 19.1. The summed E-state index contributed by atoms with van der Waals surface area (Å²) in [6, 6.07) is 15.2. The van der Waals surface area contributed by atoms with E-state index in [4.69, 9.17) is 11.6 Å². The molecule has 2 aromatic rings. The molecule has 140 valence electrons. The topological polar surface area (TPSA) is 69.7 Å². The van der Waals surface area contributed by atoms with Crippen molar-refractivity contribution in [3.8, 4) is 0 Å². The van der Waals surface area contributed by atoms with Crippen molar-refractivity contribution >= 4 is 35.1 Å². The molecule has 6 nitrogen and oxygen atoms in total. The Labute approximate surface area is 162 Å². The van der Waals surface area contributed by atoms with Crippen molar-refractivity contribution in [1.29, 1.82) is 0 Å². The molecule has 1 fully saturated rings. The maximum atomic E-state index is 12.9. The molecule has 0 spiro atoms. The van der Waals surface area contributed by atoms with Crippen molar-refractivity contribution in [2.45, 2.75) is 19.4 Å². The maximum Gasteiger partial charge on any atom is 0.325 e. The number of urea groups is 1. The van der Waals surface area contributed by atoms with E-state index in [1.165, 1.54) is 0 Å². The zero-order valence-corrected chi connectivity index (χ0v) is 15.9. The molecule has 7 heteroatoms. The number of amides is 4. The van der Waals surface area contributed by atoms with E-state index in [1.807, 2.05) is 37.3 Å². The zero-order valence-electron chi connectivity index (χ0n) is 15.1. The van der Waals surface area contributed by atoms with Gasteiger partial charge in [-0.2, -0.15) is 0 Å². The van der Waals surface area contributed by atoms with E-state index in [2.05, 4.69) is 5.32 Å². The van der Waals surface area contributed by atoms with Crippen LogP contribution in [0, 0.1) is 0 Å². The monoisotopic (exact) mass is 385 g/mol. The maximum absolute atomic E-state index is 12.9. The number of anilines is 1. The molecule has 27 heavy (non-hydrogen) atoms. The third-order valence-corrected chi connectivity index (χ3v) is 4.93. The lowest BCUT2D eigenvalue weighted by Crippen LogP contribution is -2.44. The van der Waals surface area contributed by atoms with Crippen molar-refractivity contribution in [3.05, 3.63) is 65.2 Å². The minimum absolute atomic E-state index is 0.323. The number of carbonyl (C=O) groups excluding carboxylic acids is 3. The highest BCUT2D eigenvalue weighted by molar-refractivity contribution is 6.30. The van der Waals surface area contributed by atoms with Gasteiger partial charge in [0, 0.05) is 17.3 Å². The SMILES string of the molecule is CCN(C(=O)CN1C(=O)N[C@](C)(c2ccc(Cl)cc2)C1=O)c1ccccc1. The molecule has 0 saturated carbocycles. The van der Waals surface area contributed by atoms with E-state index in [0.717, 1.165) is 10.6 Å². The van der Waals surface area contributed by atoms with Crippen LogP contribution in [0.4, 0.5) is 10.5 Å². The zero-order chi connectivity index (χ0) is 19.6. The van der Waals surface area contributed by atoms with Crippen LogP contribution in [0.3, 0.4) is 0 Å². The first-order chi connectivity index (χ1) is 12.9. The van der Waals surface area contributed by atoms with Crippen molar-refractivity contribution in [1.82, 2.24) is 10.2 Å². The van der Waals surface area contributed by atoms with E-state index < -0.39 is 17.5 Å². The van der Waals surface area contributed by atoms with Crippen LogP contribution in [-0.2, 0) is 15.1 Å². The van der Waals surface area contributed by atoms with Crippen LogP contribution < -0.4 is 10.2 Å². The third kappa shape index (κ3) is 3.53. The van der Waals surface area contributed by atoms with Gasteiger partial charge in [0.05, 0.1) is 0 Å². The summed E-state index contributed by atoms with van der Waals surface area (Å²) in [5.74, 6) is -0.792. The number of halogens is 1. The van der Waals surface area contributed by atoms with Crippen LogP contribution in [-0.4, -0.2) is 35.8 Å². The van der Waals surface area contributed by atoms with Gasteiger partial charge in [0.2, 0.25) is 5.91 Å². The molecular weight excluding hydrogens is 366 g/mol. The lowest BCUT2D eigenvalue weighted by Gasteiger charge is -2.24. The van der Waals surface area contributed by atoms with Crippen LogP contribution in [0.25, 0.3) is 0 Å². The molecule has 0 aromatic heterocycles. The van der Waals surface area contributed by atoms with Crippen molar-refractivity contribution < 1.29 is 14.4 Å². The summed E-state index contributed by atoms with van der Waals surface area (Å²) in [4.78, 5) is 40.6. The van der Waals surface area contributed by atoms with Crippen LogP contribution >= 0.6 is 11.6 Å². The van der Waals surface area contributed by atoms with E-state index in [-0.39, 0.29) is 12.5 Å². The Balaban J connectivity index is 1.81. The lowest BCUT2D eigenvalue weighted by atomic mass is 9.92. The van der Waals surface area contributed by atoms with Gasteiger partial charge in [-0.3, -0.25) is 14.5 Å². The fourth-order valence-electron chi connectivity index (χ4n) is 3.15. The molecule has 0 bridgehead atoms. The molecule has 1 aliphatic heterocycles. The molecular formula is C20H20ClN3O3. The summed E-state index contributed by atoms with van der Waals surface area (Å²) in [6.45, 7) is 3.57. The second-order valence-electron chi connectivity index (χ2n) is 6.43.